The Morgan fingerprint density at radius 2 is 1.83 bits per heavy atom. The summed E-state index contributed by atoms with van der Waals surface area (Å²) in [7, 11) is 0. The Hall–Kier alpha value is -1.65. The van der Waals surface area contributed by atoms with Crippen LogP contribution in [0.1, 0.15) is 30.7 Å². The molecule has 0 atom stereocenters. The molecule has 0 spiro atoms. The number of aliphatic imine (C=N–C) groups is 1. The van der Waals surface area contributed by atoms with Crippen molar-refractivity contribution >= 4 is 29.9 Å². The third-order valence-electron chi connectivity index (χ3n) is 4.79. The number of guanidine groups is 1. The van der Waals surface area contributed by atoms with Gasteiger partial charge in [0.2, 0.25) is 0 Å². The van der Waals surface area contributed by atoms with E-state index in [2.05, 4.69) is 51.5 Å². The van der Waals surface area contributed by atoms with Gasteiger partial charge in [0.1, 0.15) is 6.26 Å². The number of halogens is 1. The van der Waals surface area contributed by atoms with E-state index in [-0.39, 0.29) is 24.0 Å². The number of hydrogen-bond acceptors (Lipinski definition) is 5. The van der Waals surface area contributed by atoms with Gasteiger partial charge in [-0.2, -0.15) is 0 Å². The molecular formula is C21H32IN5O2. The van der Waals surface area contributed by atoms with Gasteiger partial charge in [-0.3, -0.25) is 4.90 Å². The van der Waals surface area contributed by atoms with Crippen molar-refractivity contribution in [1.29, 1.82) is 0 Å². The van der Waals surface area contributed by atoms with Crippen LogP contribution in [0, 0.1) is 0 Å². The predicted molar refractivity (Wildman–Crippen MR) is 125 cm³/mol. The molecule has 1 aliphatic heterocycles. The summed E-state index contributed by atoms with van der Waals surface area (Å²) >= 11 is 0. The summed E-state index contributed by atoms with van der Waals surface area (Å²) in [6.45, 7) is 11.8. The van der Waals surface area contributed by atoms with Crippen molar-refractivity contribution in [1.82, 2.24) is 20.3 Å². The first-order valence-corrected chi connectivity index (χ1v) is 10.1. The van der Waals surface area contributed by atoms with Gasteiger partial charge in [-0.05, 0) is 25.0 Å². The lowest BCUT2D eigenvalue weighted by atomic mass is 10.1. The van der Waals surface area contributed by atoms with Gasteiger partial charge in [0.05, 0.1) is 18.8 Å². The Labute approximate surface area is 190 Å². The summed E-state index contributed by atoms with van der Waals surface area (Å²) in [5.74, 6) is 0.988. The molecule has 7 nitrogen and oxygen atoms in total. The monoisotopic (exact) mass is 513 g/mol. The maximum Gasteiger partial charge on any atom is 0.194 e. The third-order valence-corrected chi connectivity index (χ3v) is 4.79. The Balaban J connectivity index is 0.00000300. The van der Waals surface area contributed by atoms with Gasteiger partial charge in [0.15, 0.2) is 5.96 Å². The predicted octanol–water partition coefficient (Wildman–Crippen LogP) is 3.11. The first kappa shape index (κ1) is 23.6. The van der Waals surface area contributed by atoms with Crippen LogP contribution in [0.25, 0.3) is 0 Å². The molecule has 1 aromatic heterocycles. The summed E-state index contributed by atoms with van der Waals surface area (Å²) in [4.78, 5) is 9.59. The van der Waals surface area contributed by atoms with Crippen molar-refractivity contribution in [2.24, 2.45) is 4.99 Å². The van der Waals surface area contributed by atoms with Crippen LogP contribution in [0.4, 0.5) is 0 Å². The quantitative estimate of drug-likeness (QED) is 0.333. The molecule has 0 radical (unpaired) electrons. The molecule has 1 aliphatic rings. The molecule has 0 saturated carbocycles. The smallest absolute Gasteiger partial charge is 0.194 e. The number of benzene rings is 1. The van der Waals surface area contributed by atoms with E-state index in [4.69, 9.17) is 14.3 Å². The van der Waals surface area contributed by atoms with Gasteiger partial charge in [-0.25, -0.2) is 4.99 Å². The van der Waals surface area contributed by atoms with E-state index in [0.29, 0.717) is 13.2 Å². The summed E-state index contributed by atoms with van der Waals surface area (Å²) in [6, 6.07) is 10.4. The summed E-state index contributed by atoms with van der Waals surface area (Å²) in [5, 5.41) is 7.44. The van der Waals surface area contributed by atoms with Crippen molar-refractivity contribution in [2.45, 2.75) is 33.5 Å². The third kappa shape index (κ3) is 7.60. The molecule has 29 heavy (non-hydrogen) atoms. The highest BCUT2D eigenvalue weighted by atomic mass is 127. The van der Waals surface area contributed by atoms with Crippen LogP contribution in [0.15, 0.2) is 46.1 Å². The molecule has 0 amide bonds. The van der Waals surface area contributed by atoms with E-state index in [9.17, 15) is 0 Å². The normalized spacial score (nSPS) is 15.2. The molecule has 160 valence electrons. The molecule has 0 aliphatic carbocycles. The van der Waals surface area contributed by atoms with Gasteiger partial charge in [-0.1, -0.05) is 29.4 Å². The number of nitrogens with zero attached hydrogens (tertiary/aromatic N) is 4. The zero-order valence-electron chi connectivity index (χ0n) is 17.3. The Kier molecular flexibility index (Phi) is 10.4. The average Bonchev–Trinajstić information content (AvgIpc) is 3.24. The number of aromatic nitrogens is 1. The average molecular weight is 513 g/mol. The Morgan fingerprint density at radius 1 is 1.10 bits per heavy atom. The summed E-state index contributed by atoms with van der Waals surface area (Å²) in [6.07, 6.45) is 1.63. The lowest BCUT2D eigenvalue weighted by Gasteiger charge is -2.36. The second-order valence-corrected chi connectivity index (χ2v) is 6.88. The minimum absolute atomic E-state index is 0. The maximum absolute atomic E-state index is 5.45. The molecule has 1 N–H and O–H groups in total. The number of hydrogen-bond donors (Lipinski definition) is 1. The Bertz CT molecular complexity index is 713. The molecule has 1 aromatic carbocycles. The van der Waals surface area contributed by atoms with Crippen LogP contribution >= 0.6 is 24.0 Å². The van der Waals surface area contributed by atoms with Crippen LogP contribution in [0.2, 0.25) is 0 Å². The zero-order chi connectivity index (χ0) is 19.6. The summed E-state index contributed by atoms with van der Waals surface area (Å²) in [5.41, 5.74) is 3.40. The van der Waals surface area contributed by atoms with Crippen molar-refractivity contribution in [3.05, 3.63) is 53.4 Å². The lowest BCUT2D eigenvalue weighted by molar-refractivity contribution is 0.134. The van der Waals surface area contributed by atoms with E-state index in [1.54, 1.807) is 6.26 Å². The number of nitrogens with one attached hydrogen (secondary N) is 1. The maximum atomic E-state index is 5.45. The summed E-state index contributed by atoms with van der Waals surface area (Å²) < 4.78 is 10.4. The van der Waals surface area contributed by atoms with Crippen LogP contribution in [0.5, 0.6) is 0 Å². The molecule has 2 aromatic rings. The second kappa shape index (κ2) is 12.8. The molecule has 2 heterocycles. The van der Waals surface area contributed by atoms with Crippen molar-refractivity contribution in [3.8, 4) is 0 Å². The number of ether oxygens (including phenoxy) is 1. The number of piperazine rings is 1. The van der Waals surface area contributed by atoms with Crippen LogP contribution < -0.4 is 5.32 Å². The van der Waals surface area contributed by atoms with E-state index in [0.717, 1.165) is 57.5 Å². The van der Waals surface area contributed by atoms with Crippen molar-refractivity contribution in [2.75, 3.05) is 39.3 Å². The topological polar surface area (TPSA) is 66.1 Å². The molecule has 3 rings (SSSR count). The van der Waals surface area contributed by atoms with Crippen LogP contribution in [0.3, 0.4) is 0 Å². The molecule has 0 unspecified atom stereocenters. The zero-order valence-corrected chi connectivity index (χ0v) is 19.7. The fourth-order valence-electron chi connectivity index (χ4n) is 3.22. The van der Waals surface area contributed by atoms with Gasteiger partial charge < -0.3 is 19.5 Å². The largest absolute Gasteiger partial charge is 0.377 e. The molecule has 8 heteroatoms. The minimum atomic E-state index is 0. The number of rotatable bonds is 8. The van der Waals surface area contributed by atoms with E-state index in [1.165, 1.54) is 11.1 Å². The first-order chi connectivity index (χ1) is 13.8. The second-order valence-electron chi connectivity index (χ2n) is 6.88. The highest BCUT2D eigenvalue weighted by Gasteiger charge is 2.20. The van der Waals surface area contributed by atoms with Gasteiger partial charge in [0.25, 0.3) is 0 Å². The standard InChI is InChI=1S/C21H31N5O2.HI/c1-3-22-21(23-15-18-5-7-19(8-6-18)17-27-4-2)26-12-10-25(11-13-26)16-20-9-14-28-24-20;/h5-9,14H,3-4,10-13,15-17H2,1-2H3,(H,22,23);1H. The van der Waals surface area contributed by atoms with E-state index in [1.807, 2.05) is 13.0 Å². The molecule has 1 saturated heterocycles. The van der Waals surface area contributed by atoms with Crippen molar-refractivity contribution in [3.63, 3.8) is 0 Å². The fraction of sp³-hybridized carbons (Fsp3) is 0.524. The van der Waals surface area contributed by atoms with Crippen LogP contribution in [-0.2, 0) is 24.4 Å². The molecular weight excluding hydrogens is 481 g/mol. The molecule has 0 bridgehead atoms. The molecule has 1 fully saturated rings. The highest BCUT2D eigenvalue weighted by molar-refractivity contribution is 14.0. The fourth-order valence-corrected chi connectivity index (χ4v) is 3.22. The van der Waals surface area contributed by atoms with E-state index >= 15 is 0 Å². The van der Waals surface area contributed by atoms with Crippen LogP contribution in [-0.4, -0.2) is 60.2 Å². The van der Waals surface area contributed by atoms with E-state index < -0.39 is 0 Å². The SMILES string of the molecule is CCNC(=NCc1ccc(COCC)cc1)N1CCN(Cc2ccon2)CC1.I. The first-order valence-electron chi connectivity index (χ1n) is 10.1. The Morgan fingerprint density at radius 3 is 2.45 bits per heavy atom. The lowest BCUT2D eigenvalue weighted by Crippen LogP contribution is -2.52. The minimum Gasteiger partial charge on any atom is -0.377 e. The van der Waals surface area contributed by atoms with Crippen molar-refractivity contribution < 1.29 is 9.26 Å². The van der Waals surface area contributed by atoms with Gasteiger partial charge in [0, 0.05) is 51.9 Å². The van der Waals surface area contributed by atoms with Gasteiger partial charge >= 0.3 is 0 Å². The highest BCUT2D eigenvalue weighted by Crippen LogP contribution is 2.10. The van der Waals surface area contributed by atoms with Gasteiger partial charge in [-0.15, -0.1) is 24.0 Å².